The monoisotopic (exact) mass is 484 g/mol. The second-order valence-corrected chi connectivity index (χ2v) is 10.5. The quantitative estimate of drug-likeness (QED) is 0.577. The number of nitrogens with zero attached hydrogens (tertiary/aromatic N) is 5. The van der Waals surface area contributed by atoms with Crippen LogP contribution in [0, 0.1) is 0 Å². The number of ether oxygens (including phenoxy) is 1. The predicted molar refractivity (Wildman–Crippen MR) is 144 cm³/mol. The second kappa shape index (κ2) is 10.1. The molecule has 7 nitrogen and oxygen atoms in total. The molecule has 0 amide bonds. The normalized spacial score (nSPS) is 25.0. The second-order valence-electron chi connectivity index (χ2n) is 10.5. The third kappa shape index (κ3) is 4.65. The van der Waals surface area contributed by atoms with Gasteiger partial charge in [-0.2, -0.15) is 0 Å². The van der Waals surface area contributed by atoms with Gasteiger partial charge >= 0.3 is 0 Å². The van der Waals surface area contributed by atoms with E-state index in [4.69, 9.17) is 15.5 Å². The Hall–Kier alpha value is -3.16. The molecule has 2 N–H and O–H groups in total. The number of nitrogen functional groups attached to an aromatic ring is 1. The van der Waals surface area contributed by atoms with Gasteiger partial charge in [0.1, 0.15) is 29.5 Å². The zero-order valence-electron chi connectivity index (χ0n) is 21.1. The molecule has 1 atom stereocenters. The topological polar surface area (TPSA) is 70.8 Å². The molecule has 2 aliphatic heterocycles. The number of hydrogen-bond donors (Lipinski definition) is 1. The van der Waals surface area contributed by atoms with E-state index in [2.05, 4.69) is 38.9 Å². The zero-order chi connectivity index (χ0) is 24.5. The van der Waals surface area contributed by atoms with Crippen molar-refractivity contribution in [2.24, 2.45) is 0 Å². The highest BCUT2D eigenvalue weighted by Crippen LogP contribution is 2.44. The lowest BCUT2D eigenvalue weighted by atomic mass is 9.88. The number of likely N-dealkylation sites (N-methyl/N-ethyl adjacent to an activating group) is 1. The molecule has 1 saturated carbocycles. The van der Waals surface area contributed by atoms with Gasteiger partial charge in [-0.05, 0) is 62.6 Å². The Kier molecular flexibility index (Phi) is 6.50. The molecule has 6 rings (SSSR count). The van der Waals surface area contributed by atoms with Crippen LogP contribution >= 0.6 is 0 Å². The Morgan fingerprint density at radius 1 is 0.806 bits per heavy atom. The largest absolute Gasteiger partial charge is 0.457 e. The van der Waals surface area contributed by atoms with Crippen molar-refractivity contribution in [1.82, 2.24) is 19.8 Å². The molecule has 0 bridgehead atoms. The Labute approximate surface area is 213 Å². The van der Waals surface area contributed by atoms with Crippen LogP contribution in [0.3, 0.4) is 0 Å². The van der Waals surface area contributed by atoms with Crippen molar-refractivity contribution in [3.8, 4) is 11.5 Å². The van der Waals surface area contributed by atoms with Crippen LogP contribution < -0.4 is 15.4 Å². The molecule has 0 spiro atoms. The van der Waals surface area contributed by atoms with Crippen LogP contribution in [0.15, 0.2) is 60.9 Å². The highest BCUT2D eigenvalue weighted by atomic mass is 16.5. The summed E-state index contributed by atoms with van der Waals surface area (Å²) in [5.74, 6) is 3.47. The number of rotatable bonds is 5. The molecular weight excluding hydrogens is 448 g/mol. The van der Waals surface area contributed by atoms with E-state index in [9.17, 15) is 0 Å². The van der Waals surface area contributed by atoms with E-state index in [0.717, 1.165) is 35.5 Å². The smallest absolute Gasteiger partial charge is 0.138 e. The summed E-state index contributed by atoms with van der Waals surface area (Å²) in [6.07, 6.45) is 6.55. The first kappa shape index (κ1) is 23.3. The minimum absolute atomic E-state index is 0.169. The lowest BCUT2D eigenvalue weighted by Gasteiger charge is -2.43. The zero-order valence-corrected chi connectivity index (χ0v) is 21.1. The van der Waals surface area contributed by atoms with E-state index >= 15 is 0 Å². The van der Waals surface area contributed by atoms with Crippen LogP contribution in [0.4, 0.5) is 11.6 Å². The summed E-state index contributed by atoms with van der Waals surface area (Å²) in [5.41, 5.74) is 8.75. The maximum absolute atomic E-state index is 6.44. The summed E-state index contributed by atoms with van der Waals surface area (Å²) in [5, 5.41) is 0. The van der Waals surface area contributed by atoms with Crippen molar-refractivity contribution >= 4 is 11.6 Å². The molecule has 2 fully saturated rings. The minimum atomic E-state index is 0.169. The predicted octanol–water partition coefficient (Wildman–Crippen LogP) is 4.36. The third-order valence-electron chi connectivity index (χ3n) is 8.32. The van der Waals surface area contributed by atoms with Crippen LogP contribution in [-0.2, 0) is 0 Å². The van der Waals surface area contributed by atoms with E-state index in [1.54, 1.807) is 6.33 Å². The molecule has 3 aromatic rings. The van der Waals surface area contributed by atoms with E-state index in [0.29, 0.717) is 11.9 Å². The van der Waals surface area contributed by atoms with Crippen molar-refractivity contribution in [3.05, 3.63) is 72.1 Å². The molecule has 1 aliphatic carbocycles. The number of para-hydroxylation sites is 1. The first-order valence-electron chi connectivity index (χ1n) is 13.3. The lowest BCUT2D eigenvalue weighted by Crippen LogP contribution is -2.51. The van der Waals surface area contributed by atoms with Gasteiger partial charge in [-0.15, -0.1) is 0 Å². The number of aromatic nitrogens is 2. The van der Waals surface area contributed by atoms with Crippen LogP contribution in [0.5, 0.6) is 11.5 Å². The number of benzene rings is 2. The minimum Gasteiger partial charge on any atom is -0.457 e. The van der Waals surface area contributed by atoms with Crippen molar-refractivity contribution in [2.75, 3.05) is 50.4 Å². The van der Waals surface area contributed by atoms with Crippen molar-refractivity contribution in [3.63, 3.8) is 0 Å². The first-order valence-corrected chi connectivity index (χ1v) is 13.3. The van der Waals surface area contributed by atoms with Gasteiger partial charge in [0.05, 0.1) is 0 Å². The number of fused-ring (bicyclic) bond motifs is 1. The highest BCUT2D eigenvalue weighted by molar-refractivity contribution is 5.66. The van der Waals surface area contributed by atoms with Gasteiger partial charge in [0.2, 0.25) is 0 Å². The Morgan fingerprint density at radius 3 is 2.19 bits per heavy atom. The SMILES string of the molecule is CN1CCN([C@H]2CC[C@H](N3CC(c4ccc(Oc5ccccc5)cc4)c4c(N)ncnc43)CC2)CC1. The van der Waals surface area contributed by atoms with Gasteiger partial charge in [0, 0.05) is 56.3 Å². The van der Waals surface area contributed by atoms with Gasteiger partial charge in [-0.25, -0.2) is 9.97 Å². The van der Waals surface area contributed by atoms with Crippen molar-refractivity contribution in [2.45, 2.75) is 43.7 Å². The number of piperazine rings is 1. The third-order valence-corrected chi connectivity index (χ3v) is 8.32. The molecule has 1 unspecified atom stereocenters. The summed E-state index contributed by atoms with van der Waals surface area (Å²) in [6.45, 7) is 5.68. The average Bonchev–Trinajstić information content (AvgIpc) is 3.31. The van der Waals surface area contributed by atoms with Gasteiger partial charge in [-0.1, -0.05) is 30.3 Å². The summed E-state index contributed by atoms with van der Waals surface area (Å²) < 4.78 is 6.00. The summed E-state index contributed by atoms with van der Waals surface area (Å²) in [4.78, 5) is 16.8. The van der Waals surface area contributed by atoms with Crippen LogP contribution in [-0.4, -0.2) is 71.6 Å². The van der Waals surface area contributed by atoms with Crippen LogP contribution in [0.25, 0.3) is 0 Å². The molecule has 1 aromatic heterocycles. The highest BCUT2D eigenvalue weighted by Gasteiger charge is 2.39. The summed E-state index contributed by atoms with van der Waals surface area (Å²) >= 11 is 0. The van der Waals surface area contributed by atoms with Gasteiger partial charge in [0.15, 0.2) is 0 Å². The van der Waals surface area contributed by atoms with Crippen molar-refractivity contribution in [1.29, 1.82) is 0 Å². The molecule has 7 heteroatoms. The Bertz CT molecular complexity index is 1150. The molecular formula is C29H36N6O. The molecule has 2 aromatic carbocycles. The molecule has 36 heavy (non-hydrogen) atoms. The fraction of sp³-hybridized carbons (Fsp3) is 0.448. The number of hydrogen-bond acceptors (Lipinski definition) is 7. The van der Waals surface area contributed by atoms with E-state index in [-0.39, 0.29) is 5.92 Å². The fourth-order valence-electron chi connectivity index (χ4n) is 6.25. The van der Waals surface area contributed by atoms with Gasteiger partial charge < -0.3 is 20.3 Å². The van der Waals surface area contributed by atoms with Gasteiger partial charge in [0.25, 0.3) is 0 Å². The standard InChI is InChI=1S/C29H36N6O/c1-33-15-17-34(18-16-33)22-9-11-23(12-10-22)35-19-26(27-28(30)31-20-32-29(27)35)21-7-13-25(14-8-21)36-24-5-3-2-4-6-24/h2-8,13-14,20,22-23,26H,9-12,15-19H2,1H3,(H2,30,31,32)/t22-,23-,26?. The Morgan fingerprint density at radius 2 is 1.47 bits per heavy atom. The van der Waals surface area contributed by atoms with E-state index in [1.165, 1.54) is 57.4 Å². The molecule has 188 valence electrons. The van der Waals surface area contributed by atoms with Crippen LogP contribution in [0.2, 0.25) is 0 Å². The maximum Gasteiger partial charge on any atom is 0.138 e. The van der Waals surface area contributed by atoms with E-state index < -0.39 is 0 Å². The molecule has 0 radical (unpaired) electrons. The first-order chi connectivity index (χ1) is 17.7. The fourth-order valence-corrected chi connectivity index (χ4v) is 6.25. The molecule has 1 saturated heterocycles. The van der Waals surface area contributed by atoms with E-state index in [1.807, 2.05) is 42.5 Å². The molecule has 3 aliphatic rings. The maximum atomic E-state index is 6.44. The number of nitrogens with two attached hydrogens (primary N) is 1. The Balaban J connectivity index is 1.16. The van der Waals surface area contributed by atoms with Crippen LogP contribution in [0.1, 0.15) is 42.7 Å². The lowest BCUT2D eigenvalue weighted by molar-refractivity contribution is 0.0876. The molecule has 3 heterocycles. The number of anilines is 2. The summed E-state index contributed by atoms with van der Waals surface area (Å²) in [7, 11) is 2.23. The average molecular weight is 485 g/mol. The van der Waals surface area contributed by atoms with Crippen molar-refractivity contribution < 1.29 is 4.74 Å². The summed E-state index contributed by atoms with van der Waals surface area (Å²) in [6, 6.07) is 19.5. The van der Waals surface area contributed by atoms with Gasteiger partial charge in [-0.3, -0.25) is 4.90 Å².